The number of benzene rings is 1. The highest BCUT2D eigenvalue weighted by molar-refractivity contribution is 6.30. The first kappa shape index (κ1) is 16.3. The van der Waals surface area contributed by atoms with Crippen LogP contribution in [0.15, 0.2) is 41.3 Å². The maximum atomic E-state index is 12.2. The van der Waals surface area contributed by atoms with Crippen molar-refractivity contribution in [1.82, 2.24) is 14.0 Å². The zero-order chi connectivity index (χ0) is 17.3. The van der Waals surface area contributed by atoms with Crippen molar-refractivity contribution in [3.63, 3.8) is 0 Å². The predicted octanol–water partition coefficient (Wildman–Crippen LogP) is 2.69. The minimum Gasteiger partial charge on any atom is -0.464 e. The molecule has 0 unspecified atom stereocenters. The van der Waals surface area contributed by atoms with E-state index in [2.05, 4.69) is 4.98 Å². The highest BCUT2D eigenvalue weighted by Gasteiger charge is 2.12. The summed E-state index contributed by atoms with van der Waals surface area (Å²) in [5.74, 6) is 0.173. The Kier molecular flexibility index (Phi) is 4.40. The molecule has 0 radical (unpaired) electrons. The Morgan fingerprint density at radius 1 is 1.29 bits per heavy atom. The molecule has 3 aromatic rings. The van der Waals surface area contributed by atoms with Crippen molar-refractivity contribution in [1.29, 1.82) is 0 Å². The lowest BCUT2D eigenvalue weighted by molar-refractivity contribution is -0.141. The molecule has 0 atom stereocenters. The van der Waals surface area contributed by atoms with Crippen molar-refractivity contribution in [2.45, 2.75) is 20.4 Å². The van der Waals surface area contributed by atoms with Crippen LogP contribution < -0.4 is 5.56 Å². The van der Waals surface area contributed by atoms with Crippen LogP contribution in [0, 0.1) is 6.92 Å². The number of halogens is 1. The lowest BCUT2D eigenvalue weighted by atomic mass is 10.2. The smallest absolute Gasteiger partial charge is 0.302 e. The molecule has 2 aromatic heterocycles. The van der Waals surface area contributed by atoms with Gasteiger partial charge in [-0.2, -0.15) is 0 Å². The molecule has 0 amide bonds. The van der Waals surface area contributed by atoms with Crippen LogP contribution in [0.3, 0.4) is 0 Å². The van der Waals surface area contributed by atoms with E-state index in [4.69, 9.17) is 16.3 Å². The highest BCUT2D eigenvalue weighted by atomic mass is 35.5. The topological polar surface area (TPSA) is 65.6 Å². The number of imidazole rings is 1. The molecule has 0 fully saturated rings. The quantitative estimate of drug-likeness (QED) is 0.682. The molecule has 1 aromatic carbocycles. The monoisotopic (exact) mass is 345 g/mol. The van der Waals surface area contributed by atoms with Crippen molar-refractivity contribution in [3.8, 4) is 11.3 Å². The molecule has 24 heavy (non-hydrogen) atoms. The Morgan fingerprint density at radius 3 is 2.67 bits per heavy atom. The fourth-order valence-corrected chi connectivity index (χ4v) is 2.65. The third-order valence-electron chi connectivity index (χ3n) is 3.68. The number of hydrogen-bond donors (Lipinski definition) is 0. The van der Waals surface area contributed by atoms with Crippen LogP contribution in [0.25, 0.3) is 17.0 Å². The van der Waals surface area contributed by atoms with Crippen LogP contribution in [0.5, 0.6) is 0 Å². The average molecular weight is 346 g/mol. The van der Waals surface area contributed by atoms with Crippen LogP contribution in [0.1, 0.15) is 12.6 Å². The average Bonchev–Trinajstić information content (AvgIpc) is 2.96. The Bertz CT molecular complexity index is 958. The third kappa shape index (κ3) is 3.19. The summed E-state index contributed by atoms with van der Waals surface area (Å²) in [6.07, 6.45) is 1.70. The first-order valence-corrected chi connectivity index (χ1v) is 7.82. The van der Waals surface area contributed by atoms with Crippen molar-refractivity contribution in [2.24, 2.45) is 0 Å². The number of carbonyl (C=O) groups is 1. The van der Waals surface area contributed by atoms with E-state index in [-0.39, 0.29) is 18.1 Å². The first-order chi connectivity index (χ1) is 11.5. The SMILES string of the molecule is CC(=O)OCCn1c(C)cc(=O)n2cc(-c3ccc(Cl)cc3)nc12. The van der Waals surface area contributed by atoms with Crippen molar-refractivity contribution in [3.05, 3.63) is 57.6 Å². The van der Waals surface area contributed by atoms with Gasteiger partial charge < -0.3 is 9.30 Å². The van der Waals surface area contributed by atoms with Gasteiger partial charge >= 0.3 is 5.97 Å². The number of hydrogen-bond acceptors (Lipinski definition) is 4. The van der Waals surface area contributed by atoms with Gasteiger partial charge in [-0.1, -0.05) is 23.7 Å². The molecule has 0 bridgehead atoms. The molecule has 6 nitrogen and oxygen atoms in total. The molecule has 0 spiro atoms. The fraction of sp³-hybridized carbons (Fsp3) is 0.235. The number of fused-ring (bicyclic) bond motifs is 1. The molecular formula is C17H16ClN3O3. The zero-order valence-corrected chi connectivity index (χ0v) is 14.1. The van der Waals surface area contributed by atoms with Gasteiger partial charge in [0.1, 0.15) is 6.61 Å². The summed E-state index contributed by atoms with van der Waals surface area (Å²) < 4.78 is 8.34. The number of ether oxygens (including phenoxy) is 1. The number of aromatic nitrogens is 3. The second kappa shape index (κ2) is 6.49. The zero-order valence-electron chi connectivity index (χ0n) is 13.3. The van der Waals surface area contributed by atoms with Gasteiger partial charge in [0.2, 0.25) is 5.78 Å². The number of carbonyl (C=O) groups excluding carboxylic acids is 1. The molecule has 0 aliphatic rings. The summed E-state index contributed by atoms with van der Waals surface area (Å²) in [5, 5.41) is 0.638. The molecule has 0 saturated carbocycles. The van der Waals surface area contributed by atoms with E-state index in [0.29, 0.717) is 23.0 Å². The van der Waals surface area contributed by atoms with E-state index in [1.54, 1.807) is 18.3 Å². The second-order valence-electron chi connectivity index (χ2n) is 5.42. The minimum absolute atomic E-state index is 0.154. The summed E-state index contributed by atoms with van der Waals surface area (Å²) in [7, 11) is 0. The number of nitrogens with zero attached hydrogens (tertiary/aromatic N) is 3. The Morgan fingerprint density at radius 2 is 2.00 bits per heavy atom. The molecule has 3 rings (SSSR count). The van der Waals surface area contributed by atoms with Crippen LogP contribution in [0.4, 0.5) is 0 Å². The van der Waals surface area contributed by atoms with Gasteiger partial charge in [-0.15, -0.1) is 0 Å². The Hall–Kier alpha value is -2.60. The van der Waals surface area contributed by atoms with E-state index in [1.807, 2.05) is 23.6 Å². The molecule has 7 heteroatoms. The third-order valence-corrected chi connectivity index (χ3v) is 3.94. The predicted molar refractivity (Wildman–Crippen MR) is 91.3 cm³/mol. The maximum Gasteiger partial charge on any atom is 0.302 e. The summed E-state index contributed by atoms with van der Waals surface area (Å²) >= 11 is 5.91. The van der Waals surface area contributed by atoms with Gasteiger partial charge in [0, 0.05) is 35.5 Å². The lowest BCUT2D eigenvalue weighted by Crippen LogP contribution is -2.20. The maximum absolute atomic E-state index is 12.2. The largest absolute Gasteiger partial charge is 0.464 e. The van der Waals surface area contributed by atoms with Gasteiger partial charge in [0.05, 0.1) is 12.2 Å². The van der Waals surface area contributed by atoms with E-state index in [9.17, 15) is 9.59 Å². The van der Waals surface area contributed by atoms with Gasteiger partial charge in [0.25, 0.3) is 5.56 Å². The molecule has 0 saturated heterocycles. The van der Waals surface area contributed by atoms with Crippen molar-refractivity contribution < 1.29 is 9.53 Å². The molecule has 0 aliphatic heterocycles. The van der Waals surface area contributed by atoms with Gasteiger partial charge in [0.15, 0.2) is 0 Å². The number of aryl methyl sites for hydroxylation is 1. The van der Waals surface area contributed by atoms with Crippen LogP contribution in [0.2, 0.25) is 5.02 Å². The van der Waals surface area contributed by atoms with E-state index in [1.165, 1.54) is 17.4 Å². The van der Waals surface area contributed by atoms with Gasteiger partial charge in [-0.25, -0.2) is 4.98 Å². The molecule has 0 aliphatic carbocycles. The van der Waals surface area contributed by atoms with Crippen LogP contribution in [-0.2, 0) is 16.1 Å². The van der Waals surface area contributed by atoms with Crippen molar-refractivity contribution in [2.75, 3.05) is 6.61 Å². The van der Waals surface area contributed by atoms with E-state index < -0.39 is 0 Å². The lowest BCUT2D eigenvalue weighted by Gasteiger charge is -2.11. The molecule has 0 N–H and O–H groups in total. The van der Waals surface area contributed by atoms with Crippen LogP contribution >= 0.6 is 11.6 Å². The van der Waals surface area contributed by atoms with Gasteiger partial charge in [-0.05, 0) is 19.1 Å². The molecule has 124 valence electrons. The molecular weight excluding hydrogens is 330 g/mol. The van der Waals surface area contributed by atoms with Crippen molar-refractivity contribution >= 4 is 23.3 Å². The first-order valence-electron chi connectivity index (χ1n) is 7.44. The van der Waals surface area contributed by atoms with E-state index >= 15 is 0 Å². The summed E-state index contributed by atoms with van der Waals surface area (Å²) in [4.78, 5) is 27.8. The summed E-state index contributed by atoms with van der Waals surface area (Å²) in [5.41, 5.74) is 2.15. The second-order valence-corrected chi connectivity index (χ2v) is 5.86. The summed E-state index contributed by atoms with van der Waals surface area (Å²) in [6, 6.07) is 8.79. The van der Waals surface area contributed by atoms with E-state index in [0.717, 1.165) is 11.3 Å². The standard InChI is InChI=1S/C17H16ClN3O3/c1-11-9-16(23)21-10-15(13-3-5-14(18)6-4-13)19-17(21)20(11)7-8-24-12(2)22/h3-6,9-10H,7-8H2,1-2H3. The Labute approximate surface area is 143 Å². The number of rotatable bonds is 4. The Balaban J connectivity index is 2.06. The summed E-state index contributed by atoms with van der Waals surface area (Å²) in [6.45, 7) is 3.83. The number of esters is 1. The van der Waals surface area contributed by atoms with Gasteiger partial charge in [-0.3, -0.25) is 14.0 Å². The highest BCUT2D eigenvalue weighted by Crippen LogP contribution is 2.21. The fourth-order valence-electron chi connectivity index (χ4n) is 2.52. The molecule has 2 heterocycles. The van der Waals surface area contributed by atoms with Crippen LogP contribution in [-0.4, -0.2) is 26.5 Å². The minimum atomic E-state index is -0.338. The normalized spacial score (nSPS) is 11.0.